The fraction of sp³-hybridized carbons (Fsp3) is 0.250. The first kappa shape index (κ1) is 14.6. The molecule has 0 amide bonds. The van der Waals surface area contributed by atoms with Crippen LogP contribution in [0.3, 0.4) is 0 Å². The monoisotopic (exact) mass is 305 g/mol. The van der Waals surface area contributed by atoms with E-state index in [1.54, 1.807) is 18.3 Å². The summed E-state index contributed by atoms with van der Waals surface area (Å²) in [7, 11) is 0. The summed E-state index contributed by atoms with van der Waals surface area (Å²) in [6, 6.07) is 7.04. The molecule has 0 aromatic carbocycles. The summed E-state index contributed by atoms with van der Waals surface area (Å²) >= 11 is 0. The lowest BCUT2D eigenvalue weighted by Gasteiger charge is -2.12. The molecule has 0 spiro atoms. The van der Waals surface area contributed by atoms with Gasteiger partial charge in [0.15, 0.2) is 6.67 Å². The number of alkyl halides is 3. The number of hydrogen-bond acceptors (Lipinski definition) is 2. The van der Waals surface area contributed by atoms with Crippen molar-refractivity contribution in [3.05, 3.63) is 47.4 Å². The SMILES string of the molecule is Cc1cccc(-c2cnc3[nH]c(C)c(C(F)(F)CF)c3c2)n1. The van der Waals surface area contributed by atoms with Crippen molar-refractivity contribution in [2.24, 2.45) is 0 Å². The molecule has 0 aliphatic rings. The van der Waals surface area contributed by atoms with E-state index in [4.69, 9.17) is 0 Å². The lowest BCUT2D eigenvalue weighted by molar-refractivity contribution is -0.0272. The highest BCUT2D eigenvalue weighted by Crippen LogP contribution is 2.37. The number of rotatable bonds is 3. The van der Waals surface area contributed by atoms with Crippen molar-refractivity contribution in [2.75, 3.05) is 6.67 Å². The second-order valence-electron chi connectivity index (χ2n) is 5.25. The summed E-state index contributed by atoms with van der Waals surface area (Å²) in [5, 5.41) is 0.223. The van der Waals surface area contributed by atoms with Crippen LogP contribution in [-0.2, 0) is 5.92 Å². The third kappa shape index (κ3) is 2.34. The maximum absolute atomic E-state index is 13.9. The molecule has 3 heterocycles. The van der Waals surface area contributed by atoms with Gasteiger partial charge in [-0.25, -0.2) is 9.37 Å². The minimum atomic E-state index is -3.54. The molecule has 0 fully saturated rings. The highest BCUT2D eigenvalue weighted by atomic mass is 19.3. The summed E-state index contributed by atoms with van der Waals surface area (Å²) < 4.78 is 40.5. The first-order valence-electron chi connectivity index (χ1n) is 6.79. The van der Waals surface area contributed by atoms with Gasteiger partial charge in [-0.05, 0) is 32.0 Å². The molecular weight excluding hydrogens is 291 g/mol. The van der Waals surface area contributed by atoms with Gasteiger partial charge in [-0.1, -0.05) is 6.07 Å². The predicted octanol–water partition coefficient (Wildman–Crippen LogP) is 4.30. The number of pyridine rings is 2. The molecule has 3 nitrogen and oxygen atoms in total. The summed E-state index contributed by atoms with van der Waals surface area (Å²) in [5.74, 6) is -3.54. The first-order chi connectivity index (χ1) is 10.4. The number of halogens is 3. The van der Waals surface area contributed by atoms with E-state index in [2.05, 4.69) is 15.0 Å². The van der Waals surface area contributed by atoms with Crippen molar-refractivity contribution < 1.29 is 13.2 Å². The van der Waals surface area contributed by atoms with E-state index >= 15 is 0 Å². The zero-order valence-corrected chi connectivity index (χ0v) is 12.1. The lowest BCUT2D eigenvalue weighted by atomic mass is 10.0. The molecule has 3 aromatic heterocycles. The third-order valence-corrected chi connectivity index (χ3v) is 3.56. The maximum atomic E-state index is 13.9. The number of aromatic amines is 1. The van der Waals surface area contributed by atoms with Gasteiger partial charge in [0, 0.05) is 28.5 Å². The highest BCUT2D eigenvalue weighted by Gasteiger charge is 2.36. The predicted molar refractivity (Wildman–Crippen MR) is 78.7 cm³/mol. The molecular formula is C16H14F3N3. The van der Waals surface area contributed by atoms with Crippen molar-refractivity contribution in [3.8, 4) is 11.3 Å². The van der Waals surface area contributed by atoms with E-state index in [0.717, 1.165) is 5.69 Å². The fourth-order valence-electron chi connectivity index (χ4n) is 2.58. The van der Waals surface area contributed by atoms with Crippen molar-refractivity contribution in [2.45, 2.75) is 19.8 Å². The highest BCUT2D eigenvalue weighted by molar-refractivity contribution is 5.86. The molecule has 3 rings (SSSR count). The van der Waals surface area contributed by atoms with E-state index in [1.165, 1.54) is 6.92 Å². The summed E-state index contributed by atoms with van der Waals surface area (Å²) in [4.78, 5) is 11.3. The minimum absolute atomic E-state index is 0.222. The van der Waals surface area contributed by atoms with Crippen LogP contribution in [0, 0.1) is 13.8 Å². The Morgan fingerprint density at radius 3 is 2.68 bits per heavy atom. The smallest absolute Gasteiger partial charge is 0.303 e. The van der Waals surface area contributed by atoms with Crippen LogP contribution in [0.1, 0.15) is 17.0 Å². The molecule has 0 radical (unpaired) electrons. The van der Waals surface area contributed by atoms with Crippen molar-refractivity contribution in [3.63, 3.8) is 0 Å². The second kappa shape index (κ2) is 5.12. The summed E-state index contributed by atoms with van der Waals surface area (Å²) in [6.45, 7) is 1.59. The molecule has 0 aliphatic heterocycles. The maximum Gasteiger partial charge on any atom is 0.303 e. The molecule has 0 saturated carbocycles. The Kier molecular flexibility index (Phi) is 3.39. The van der Waals surface area contributed by atoms with Gasteiger partial charge >= 0.3 is 5.92 Å². The van der Waals surface area contributed by atoms with Crippen molar-refractivity contribution in [1.82, 2.24) is 15.0 Å². The molecule has 22 heavy (non-hydrogen) atoms. The molecule has 1 N–H and O–H groups in total. The van der Waals surface area contributed by atoms with Gasteiger partial charge in [-0.2, -0.15) is 8.78 Å². The van der Waals surface area contributed by atoms with Crippen molar-refractivity contribution in [1.29, 1.82) is 0 Å². The molecule has 0 atom stereocenters. The number of hydrogen-bond donors (Lipinski definition) is 1. The van der Waals surface area contributed by atoms with Gasteiger partial charge in [0.1, 0.15) is 5.65 Å². The number of nitrogens with one attached hydrogen (secondary N) is 1. The quantitative estimate of drug-likeness (QED) is 0.783. The number of aromatic nitrogens is 3. The average molecular weight is 305 g/mol. The average Bonchev–Trinajstić information content (AvgIpc) is 2.82. The van der Waals surface area contributed by atoms with Crippen LogP contribution in [0.4, 0.5) is 13.2 Å². The minimum Gasteiger partial charge on any atom is -0.343 e. The second-order valence-corrected chi connectivity index (χ2v) is 5.25. The van der Waals surface area contributed by atoms with Crippen LogP contribution in [0.5, 0.6) is 0 Å². The molecule has 0 bridgehead atoms. The molecule has 0 saturated heterocycles. The van der Waals surface area contributed by atoms with E-state index < -0.39 is 12.6 Å². The zero-order valence-electron chi connectivity index (χ0n) is 12.1. The van der Waals surface area contributed by atoms with E-state index in [1.807, 2.05) is 19.1 Å². The van der Waals surface area contributed by atoms with Crippen LogP contribution in [0.15, 0.2) is 30.5 Å². The van der Waals surface area contributed by atoms with Gasteiger partial charge in [-0.3, -0.25) is 4.98 Å². The first-order valence-corrected chi connectivity index (χ1v) is 6.79. The molecule has 114 valence electrons. The van der Waals surface area contributed by atoms with Crippen LogP contribution in [0.2, 0.25) is 0 Å². The normalized spacial score (nSPS) is 12.0. The van der Waals surface area contributed by atoms with E-state index in [9.17, 15) is 13.2 Å². The lowest BCUT2D eigenvalue weighted by Crippen LogP contribution is -2.16. The Balaban J connectivity index is 2.23. The Morgan fingerprint density at radius 1 is 1.23 bits per heavy atom. The van der Waals surface area contributed by atoms with E-state index in [-0.39, 0.29) is 16.6 Å². The van der Waals surface area contributed by atoms with Gasteiger partial charge in [0.2, 0.25) is 0 Å². The fourth-order valence-corrected chi connectivity index (χ4v) is 2.58. The zero-order chi connectivity index (χ0) is 15.9. The molecule has 6 heteroatoms. The van der Waals surface area contributed by atoms with Crippen LogP contribution < -0.4 is 0 Å². The molecule has 0 unspecified atom stereocenters. The Hall–Kier alpha value is -2.37. The van der Waals surface area contributed by atoms with Crippen LogP contribution in [-0.4, -0.2) is 21.6 Å². The topological polar surface area (TPSA) is 41.6 Å². The summed E-state index contributed by atoms with van der Waals surface area (Å²) in [5.41, 5.74) is 2.27. The molecule has 3 aromatic rings. The van der Waals surface area contributed by atoms with Gasteiger partial charge in [0.05, 0.1) is 11.3 Å². The van der Waals surface area contributed by atoms with Gasteiger partial charge in [0.25, 0.3) is 0 Å². The summed E-state index contributed by atoms with van der Waals surface area (Å²) in [6.07, 6.45) is 1.57. The Labute approximate surface area is 125 Å². The number of aryl methyl sites for hydroxylation is 2. The standard InChI is InChI=1S/C16H14F3N3/c1-9-4-3-5-13(21-9)11-6-12-14(16(18,19)8-17)10(2)22-15(12)20-7-11/h3-7H,8H2,1-2H3,(H,20,22). The number of fused-ring (bicyclic) bond motifs is 1. The van der Waals surface area contributed by atoms with Crippen molar-refractivity contribution >= 4 is 11.0 Å². The van der Waals surface area contributed by atoms with E-state index in [0.29, 0.717) is 16.9 Å². The third-order valence-electron chi connectivity index (χ3n) is 3.56. The Bertz CT molecular complexity index is 840. The van der Waals surface area contributed by atoms with Gasteiger partial charge < -0.3 is 4.98 Å². The van der Waals surface area contributed by atoms with Crippen LogP contribution >= 0.6 is 0 Å². The molecule has 0 aliphatic carbocycles. The Morgan fingerprint density at radius 2 is 2.00 bits per heavy atom. The van der Waals surface area contributed by atoms with Gasteiger partial charge in [-0.15, -0.1) is 0 Å². The largest absolute Gasteiger partial charge is 0.343 e. The number of H-pyrrole nitrogens is 1. The van der Waals surface area contributed by atoms with Crippen LogP contribution in [0.25, 0.3) is 22.3 Å². The number of nitrogens with zero attached hydrogens (tertiary/aromatic N) is 2.